The molecule has 56 heavy (non-hydrogen) atoms. The van der Waals surface area contributed by atoms with Crippen LogP contribution in [0.5, 0.6) is 0 Å². The van der Waals surface area contributed by atoms with E-state index in [4.69, 9.17) is 4.42 Å². The van der Waals surface area contributed by atoms with Crippen LogP contribution in [0.2, 0.25) is 0 Å². The molecule has 12 rings (SSSR count). The smallest absolute Gasteiger partial charge is 0.136 e. The highest BCUT2D eigenvalue weighted by Gasteiger charge is 2.36. The SMILES string of the molecule is CC1(C)c2ccc(-c3ccc(-c4c5ccccc5c(-c5cccc6ccccc56)c5ccccc45)cc3)cc2-c2cc3ccc4oc5ccccc5c4c3cc21. The third-order valence-electron chi connectivity index (χ3n) is 12.6. The Kier molecular flexibility index (Phi) is 6.46. The Morgan fingerprint density at radius 2 is 0.929 bits per heavy atom. The van der Waals surface area contributed by atoms with E-state index in [0.29, 0.717) is 0 Å². The van der Waals surface area contributed by atoms with Gasteiger partial charge < -0.3 is 4.42 Å². The lowest BCUT2D eigenvalue weighted by molar-refractivity contribution is 0.661. The zero-order valence-electron chi connectivity index (χ0n) is 31.2. The summed E-state index contributed by atoms with van der Waals surface area (Å²) in [5.74, 6) is 0. The Balaban J connectivity index is 0.991. The van der Waals surface area contributed by atoms with Crippen molar-refractivity contribution in [3.63, 3.8) is 0 Å². The molecule has 1 aliphatic rings. The monoisotopic (exact) mass is 712 g/mol. The lowest BCUT2D eigenvalue weighted by atomic mass is 9.81. The third kappa shape index (κ3) is 4.37. The van der Waals surface area contributed by atoms with Gasteiger partial charge in [0.15, 0.2) is 0 Å². The van der Waals surface area contributed by atoms with Crippen LogP contribution in [-0.2, 0) is 5.41 Å². The Morgan fingerprint density at radius 1 is 0.339 bits per heavy atom. The molecule has 10 aromatic carbocycles. The highest BCUT2D eigenvalue weighted by atomic mass is 16.3. The topological polar surface area (TPSA) is 13.1 Å². The molecule has 1 aliphatic carbocycles. The molecule has 0 bridgehead atoms. The van der Waals surface area contributed by atoms with Gasteiger partial charge in [-0.05, 0) is 129 Å². The molecule has 1 nitrogen and oxygen atoms in total. The van der Waals surface area contributed by atoms with Crippen molar-refractivity contribution >= 4 is 65.0 Å². The molecule has 0 saturated carbocycles. The van der Waals surface area contributed by atoms with Crippen LogP contribution in [0.15, 0.2) is 186 Å². The van der Waals surface area contributed by atoms with Crippen molar-refractivity contribution in [3.8, 4) is 44.5 Å². The Morgan fingerprint density at radius 3 is 1.68 bits per heavy atom. The standard InChI is InChI=1S/C55H36O/c1-55(2)48-28-26-36(30-46(48)47-31-37-27-29-51-54(45(37)32-49(47)55)44-19-9-10-21-50(44)56-51)33-22-24-35(25-23-33)52-40-15-5-7-17-42(40)53(43-18-8-6-16-41(43)52)39-20-11-13-34-12-3-4-14-38(34)39/h3-32H,1-2H3. The molecule has 1 aromatic heterocycles. The fourth-order valence-corrected chi connectivity index (χ4v) is 9.97. The van der Waals surface area contributed by atoms with Crippen molar-refractivity contribution in [2.45, 2.75) is 19.3 Å². The van der Waals surface area contributed by atoms with Crippen LogP contribution in [0.3, 0.4) is 0 Å². The fourth-order valence-electron chi connectivity index (χ4n) is 9.97. The van der Waals surface area contributed by atoms with Crippen molar-refractivity contribution in [2.24, 2.45) is 0 Å². The van der Waals surface area contributed by atoms with E-state index in [1.807, 2.05) is 6.07 Å². The molecule has 1 heteroatoms. The minimum atomic E-state index is -0.122. The molecule has 0 aliphatic heterocycles. The van der Waals surface area contributed by atoms with E-state index in [0.717, 1.165) is 11.2 Å². The Hall–Kier alpha value is -6.96. The Labute approximate surface area is 325 Å². The molecular formula is C55H36O. The van der Waals surface area contributed by atoms with E-state index >= 15 is 0 Å². The molecular weight excluding hydrogens is 677 g/mol. The second-order valence-corrected chi connectivity index (χ2v) is 16.0. The average Bonchev–Trinajstić information content (AvgIpc) is 3.73. The van der Waals surface area contributed by atoms with Crippen LogP contribution in [-0.4, -0.2) is 0 Å². The van der Waals surface area contributed by atoms with Crippen LogP contribution in [0, 0.1) is 0 Å². The third-order valence-corrected chi connectivity index (χ3v) is 12.6. The second-order valence-electron chi connectivity index (χ2n) is 16.0. The van der Waals surface area contributed by atoms with Crippen LogP contribution in [0.4, 0.5) is 0 Å². The summed E-state index contributed by atoms with van der Waals surface area (Å²) in [5, 5.41) is 12.5. The zero-order valence-corrected chi connectivity index (χ0v) is 31.2. The first-order valence-corrected chi connectivity index (χ1v) is 19.6. The number of fused-ring (bicyclic) bond motifs is 11. The summed E-state index contributed by atoms with van der Waals surface area (Å²) in [6.07, 6.45) is 0. The van der Waals surface area contributed by atoms with E-state index in [1.54, 1.807) is 0 Å². The maximum absolute atomic E-state index is 6.27. The molecule has 0 fully saturated rings. The highest BCUT2D eigenvalue weighted by molar-refractivity contribution is 6.24. The van der Waals surface area contributed by atoms with Gasteiger partial charge in [0, 0.05) is 16.2 Å². The van der Waals surface area contributed by atoms with Crippen molar-refractivity contribution < 1.29 is 4.42 Å². The van der Waals surface area contributed by atoms with Crippen molar-refractivity contribution in [3.05, 3.63) is 193 Å². The van der Waals surface area contributed by atoms with Gasteiger partial charge >= 0.3 is 0 Å². The summed E-state index contributed by atoms with van der Waals surface area (Å²) in [5.41, 5.74) is 14.7. The first-order chi connectivity index (χ1) is 27.5. The van der Waals surface area contributed by atoms with Crippen molar-refractivity contribution in [1.82, 2.24) is 0 Å². The first kappa shape index (κ1) is 31.4. The molecule has 0 spiro atoms. The molecule has 11 aromatic rings. The van der Waals surface area contributed by atoms with Gasteiger partial charge in [-0.2, -0.15) is 0 Å². The maximum Gasteiger partial charge on any atom is 0.136 e. The van der Waals surface area contributed by atoms with Gasteiger partial charge in [0.25, 0.3) is 0 Å². The van der Waals surface area contributed by atoms with Crippen LogP contribution >= 0.6 is 0 Å². The number of benzene rings is 10. The molecule has 262 valence electrons. The van der Waals surface area contributed by atoms with Crippen LogP contribution < -0.4 is 0 Å². The summed E-state index contributed by atoms with van der Waals surface area (Å²) in [6.45, 7) is 4.73. The largest absolute Gasteiger partial charge is 0.456 e. The second kappa shape index (κ2) is 11.5. The van der Waals surface area contributed by atoms with Gasteiger partial charge in [0.1, 0.15) is 11.2 Å². The van der Waals surface area contributed by atoms with Gasteiger partial charge in [0.2, 0.25) is 0 Å². The lowest BCUT2D eigenvalue weighted by Crippen LogP contribution is -2.14. The van der Waals surface area contributed by atoms with Crippen molar-refractivity contribution in [2.75, 3.05) is 0 Å². The predicted octanol–water partition coefficient (Wildman–Crippen LogP) is 15.5. The van der Waals surface area contributed by atoms with Crippen molar-refractivity contribution in [1.29, 1.82) is 0 Å². The molecule has 0 unspecified atom stereocenters. The van der Waals surface area contributed by atoms with Gasteiger partial charge in [-0.3, -0.25) is 0 Å². The lowest BCUT2D eigenvalue weighted by Gasteiger charge is -2.22. The molecule has 0 N–H and O–H groups in total. The molecule has 1 heterocycles. The van der Waals surface area contributed by atoms with E-state index in [2.05, 4.69) is 190 Å². The molecule has 0 saturated heterocycles. The minimum Gasteiger partial charge on any atom is -0.456 e. The summed E-state index contributed by atoms with van der Waals surface area (Å²) >= 11 is 0. The maximum atomic E-state index is 6.27. The van der Waals surface area contributed by atoms with Gasteiger partial charge in [0.05, 0.1) is 0 Å². The van der Waals surface area contributed by atoms with E-state index in [9.17, 15) is 0 Å². The first-order valence-electron chi connectivity index (χ1n) is 19.6. The minimum absolute atomic E-state index is 0.122. The number of furan rings is 1. The predicted molar refractivity (Wildman–Crippen MR) is 238 cm³/mol. The summed E-state index contributed by atoms with van der Waals surface area (Å²) in [4.78, 5) is 0. The number of hydrogen-bond acceptors (Lipinski definition) is 1. The number of rotatable bonds is 3. The van der Waals surface area contributed by atoms with E-state index in [1.165, 1.54) is 109 Å². The zero-order chi connectivity index (χ0) is 37.1. The van der Waals surface area contributed by atoms with Gasteiger partial charge in [-0.25, -0.2) is 0 Å². The molecule has 0 radical (unpaired) electrons. The van der Waals surface area contributed by atoms with E-state index < -0.39 is 0 Å². The van der Waals surface area contributed by atoms with Crippen LogP contribution in [0.1, 0.15) is 25.0 Å². The summed E-state index contributed by atoms with van der Waals surface area (Å²) in [6, 6.07) is 67.2. The average molecular weight is 713 g/mol. The van der Waals surface area contributed by atoms with Crippen LogP contribution in [0.25, 0.3) is 110 Å². The number of hydrogen-bond donors (Lipinski definition) is 0. The highest BCUT2D eigenvalue weighted by Crippen LogP contribution is 2.52. The van der Waals surface area contributed by atoms with Gasteiger partial charge in [-0.15, -0.1) is 0 Å². The number of para-hydroxylation sites is 1. The summed E-state index contributed by atoms with van der Waals surface area (Å²) in [7, 11) is 0. The summed E-state index contributed by atoms with van der Waals surface area (Å²) < 4.78 is 6.27. The van der Waals surface area contributed by atoms with Gasteiger partial charge in [-0.1, -0.05) is 166 Å². The quantitative estimate of drug-likeness (QED) is 0.166. The fraction of sp³-hybridized carbons (Fsp3) is 0.0545. The molecule has 0 atom stereocenters. The normalized spacial score (nSPS) is 13.3. The van der Waals surface area contributed by atoms with E-state index in [-0.39, 0.29) is 5.41 Å². The molecule has 0 amide bonds. The Bertz CT molecular complexity index is 3370.